The van der Waals surface area contributed by atoms with Crippen molar-refractivity contribution in [3.8, 4) is 6.07 Å². The zero-order chi connectivity index (χ0) is 30.5. The van der Waals surface area contributed by atoms with E-state index < -0.39 is 0 Å². The minimum absolute atomic E-state index is 0.0145. The van der Waals surface area contributed by atoms with Crippen molar-refractivity contribution in [2.24, 2.45) is 5.92 Å². The third-order valence-electron chi connectivity index (χ3n) is 9.07. The molecule has 0 saturated carbocycles. The van der Waals surface area contributed by atoms with Gasteiger partial charge in [0.1, 0.15) is 6.07 Å². The molecule has 2 fully saturated rings. The van der Waals surface area contributed by atoms with Crippen molar-refractivity contribution >= 4 is 23.2 Å². The molecule has 2 heterocycles. The highest BCUT2D eigenvalue weighted by atomic mass is 16.3. The normalized spacial score (nSPS) is 17.5. The van der Waals surface area contributed by atoms with E-state index in [1.807, 2.05) is 59.2 Å². The third kappa shape index (κ3) is 6.37. The highest BCUT2D eigenvalue weighted by Crippen LogP contribution is 2.30. The zero-order valence-electron chi connectivity index (χ0n) is 25.3. The maximum Gasteiger partial charge on any atom is 0.254 e. The highest BCUT2D eigenvalue weighted by Gasteiger charge is 2.32. The molecule has 1 atom stereocenters. The summed E-state index contributed by atoms with van der Waals surface area (Å²) in [6.45, 7) is 7.23. The summed E-state index contributed by atoms with van der Waals surface area (Å²) < 4.78 is 0. The Morgan fingerprint density at radius 3 is 2.33 bits per heavy atom. The van der Waals surface area contributed by atoms with E-state index in [9.17, 15) is 20.0 Å². The van der Waals surface area contributed by atoms with Gasteiger partial charge in [0.15, 0.2) is 0 Å². The first-order chi connectivity index (χ1) is 20.8. The molecule has 43 heavy (non-hydrogen) atoms. The molecule has 2 N–H and O–H groups in total. The van der Waals surface area contributed by atoms with Crippen LogP contribution in [0.4, 0.5) is 11.4 Å². The average Bonchev–Trinajstić information content (AvgIpc) is 3.05. The van der Waals surface area contributed by atoms with E-state index in [0.717, 1.165) is 60.4 Å². The Balaban J connectivity index is 1.27. The van der Waals surface area contributed by atoms with E-state index in [1.165, 1.54) is 11.1 Å². The van der Waals surface area contributed by atoms with Crippen LogP contribution < -0.4 is 15.1 Å². The van der Waals surface area contributed by atoms with Crippen molar-refractivity contribution in [2.75, 3.05) is 56.2 Å². The van der Waals surface area contributed by atoms with Gasteiger partial charge < -0.3 is 25.1 Å². The molecular formula is C35H41N5O3. The Morgan fingerprint density at radius 2 is 1.63 bits per heavy atom. The van der Waals surface area contributed by atoms with Gasteiger partial charge in [0, 0.05) is 51.0 Å². The number of hydrogen-bond acceptors (Lipinski definition) is 6. The molecule has 2 amide bonds. The van der Waals surface area contributed by atoms with Gasteiger partial charge in [-0.2, -0.15) is 5.26 Å². The second kappa shape index (κ2) is 13.3. The number of rotatable bonds is 7. The van der Waals surface area contributed by atoms with E-state index in [0.29, 0.717) is 31.1 Å². The Hall–Kier alpha value is -4.35. The first-order valence-corrected chi connectivity index (χ1v) is 15.2. The number of piperidine rings is 1. The molecule has 3 aromatic rings. The molecular weight excluding hydrogens is 538 g/mol. The number of nitriles is 1. The number of para-hydroxylation sites is 2. The minimum atomic E-state index is -0.315. The molecule has 0 bridgehead atoms. The van der Waals surface area contributed by atoms with Gasteiger partial charge in [0.25, 0.3) is 11.8 Å². The standard InChI is InChI=1S/C35H41N5O3/c1-24-18-25(2)31(20-28(24)19-26-12-14-38(15-13-26)32-10-6-4-8-27(32)21-36)35(43)39-16-17-40(29(22-39)23-41)33-11-7-5-9-30(33)34(42)37-3/h4-11,18,20,26,29,41H,12-17,19,22-23H2,1-3H3,(H,37,42)/t29-/m0/s1. The van der Waals surface area contributed by atoms with E-state index in [1.54, 1.807) is 13.1 Å². The molecule has 224 valence electrons. The van der Waals surface area contributed by atoms with Crippen molar-refractivity contribution in [3.63, 3.8) is 0 Å². The maximum atomic E-state index is 13.9. The number of carbonyl (C=O) groups is 2. The largest absolute Gasteiger partial charge is 0.394 e. The summed E-state index contributed by atoms with van der Waals surface area (Å²) in [7, 11) is 1.61. The molecule has 0 spiro atoms. The fraction of sp³-hybridized carbons (Fsp3) is 0.400. The molecule has 8 heteroatoms. The number of aliphatic hydroxyl groups is 1. The first-order valence-electron chi connectivity index (χ1n) is 15.2. The number of hydrogen-bond donors (Lipinski definition) is 2. The smallest absolute Gasteiger partial charge is 0.254 e. The summed E-state index contributed by atoms with van der Waals surface area (Å²) in [6, 6.07) is 21.4. The van der Waals surface area contributed by atoms with Crippen LogP contribution in [0.5, 0.6) is 0 Å². The fourth-order valence-electron chi connectivity index (χ4n) is 6.61. The summed E-state index contributed by atoms with van der Waals surface area (Å²) in [6.07, 6.45) is 2.99. The molecule has 0 aromatic heterocycles. The van der Waals surface area contributed by atoms with E-state index in [2.05, 4.69) is 35.3 Å². The Morgan fingerprint density at radius 1 is 0.930 bits per heavy atom. The molecule has 8 nitrogen and oxygen atoms in total. The van der Waals surface area contributed by atoms with Crippen LogP contribution in [0.3, 0.4) is 0 Å². The minimum Gasteiger partial charge on any atom is -0.394 e. The number of aliphatic hydroxyl groups excluding tert-OH is 1. The van der Waals surface area contributed by atoms with Crippen molar-refractivity contribution in [1.82, 2.24) is 10.2 Å². The average molecular weight is 580 g/mol. The highest BCUT2D eigenvalue weighted by molar-refractivity contribution is 6.00. The fourth-order valence-corrected chi connectivity index (χ4v) is 6.61. The number of aryl methyl sites for hydroxylation is 2. The van der Waals surface area contributed by atoms with Gasteiger partial charge in [-0.05, 0) is 86.1 Å². The summed E-state index contributed by atoms with van der Waals surface area (Å²) in [5.74, 6) is 0.322. The number of benzene rings is 3. The number of anilines is 2. The Bertz CT molecular complexity index is 1520. The zero-order valence-corrected chi connectivity index (χ0v) is 25.3. The lowest BCUT2D eigenvalue weighted by Crippen LogP contribution is -2.56. The molecule has 5 rings (SSSR count). The summed E-state index contributed by atoms with van der Waals surface area (Å²) in [5, 5.41) is 22.5. The SMILES string of the molecule is CNC(=O)c1ccccc1N1CCN(C(=O)c2cc(CC3CCN(c4ccccc4C#N)CC3)c(C)cc2C)C[C@H]1CO. The van der Waals surface area contributed by atoms with Gasteiger partial charge in [0.2, 0.25) is 0 Å². The van der Waals surface area contributed by atoms with Crippen molar-refractivity contribution in [2.45, 2.75) is 39.2 Å². The molecule has 0 unspecified atom stereocenters. The quantitative estimate of drug-likeness (QED) is 0.433. The van der Waals surface area contributed by atoms with Crippen LogP contribution >= 0.6 is 0 Å². The summed E-state index contributed by atoms with van der Waals surface area (Å²) in [5.41, 5.74) is 7.15. The van der Waals surface area contributed by atoms with Gasteiger partial charge in [-0.3, -0.25) is 9.59 Å². The van der Waals surface area contributed by atoms with Crippen LogP contribution in [-0.2, 0) is 6.42 Å². The van der Waals surface area contributed by atoms with Crippen LogP contribution in [-0.4, -0.2) is 74.2 Å². The number of carbonyl (C=O) groups excluding carboxylic acids is 2. The predicted octanol–water partition coefficient (Wildman–Crippen LogP) is 4.32. The predicted molar refractivity (Wildman–Crippen MR) is 170 cm³/mol. The van der Waals surface area contributed by atoms with Crippen molar-refractivity contribution in [1.29, 1.82) is 5.26 Å². The molecule has 3 aromatic carbocycles. The second-order valence-corrected chi connectivity index (χ2v) is 11.7. The molecule has 0 radical (unpaired) electrons. The van der Waals surface area contributed by atoms with E-state index >= 15 is 0 Å². The monoisotopic (exact) mass is 579 g/mol. The van der Waals surface area contributed by atoms with Crippen LogP contribution in [0.15, 0.2) is 60.7 Å². The lowest BCUT2D eigenvalue weighted by Gasteiger charge is -2.42. The summed E-state index contributed by atoms with van der Waals surface area (Å²) >= 11 is 0. The third-order valence-corrected chi connectivity index (χ3v) is 9.07. The number of nitrogens with one attached hydrogen (secondary N) is 1. The molecule has 2 saturated heterocycles. The van der Waals surface area contributed by atoms with E-state index in [-0.39, 0.29) is 24.5 Å². The number of piperazine rings is 1. The molecule has 2 aliphatic heterocycles. The number of amides is 2. The van der Waals surface area contributed by atoms with E-state index in [4.69, 9.17) is 0 Å². The van der Waals surface area contributed by atoms with Crippen LogP contribution in [0.2, 0.25) is 0 Å². The molecule has 2 aliphatic rings. The topological polar surface area (TPSA) is 99.9 Å². The van der Waals surface area contributed by atoms with Gasteiger partial charge in [0.05, 0.1) is 29.5 Å². The maximum absolute atomic E-state index is 13.9. The summed E-state index contributed by atoms with van der Waals surface area (Å²) in [4.78, 5) is 32.6. The van der Waals surface area contributed by atoms with Gasteiger partial charge in [-0.25, -0.2) is 0 Å². The molecule has 0 aliphatic carbocycles. The van der Waals surface area contributed by atoms with Crippen LogP contribution in [0.25, 0.3) is 0 Å². The van der Waals surface area contributed by atoms with Crippen LogP contribution in [0, 0.1) is 31.1 Å². The first kappa shape index (κ1) is 30.1. The van der Waals surface area contributed by atoms with Crippen molar-refractivity contribution < 1.29 is 14.7 Å². The Kier molecular flexibility index (Phi) is 9.32. The van der Waals surface area contributed by atoms with Gasteiger partial charge in [-0.1, -0.05) is 30.3 Å². The van der Waals surface area contributed by atoms with Gasteiger partial charge in [-0.15, -0.1) is 0 Å². The number of nitrogens with zero attached hydrogens (tertiary/aromatic N) is 4. The van der Waals surface area contributed by atoms with Gasteiger partial charge >= 0.3 is 0 Å². The Labute approximate surface area is 254 Å². The lowest BCUT2D eigenvalue weighted by molar-refractivity contribution is 0.0697. The van der Waals surface area contributed by atoms with Crippen LogP contribution in [0.1, 0.15) is 55.8 Å². The second-order valence-electron chi connectivity index (χ2n) is 11.7. The van der Waals surface area contributed by atoms with Crippen molar-refractivity contribution in [3.05, 3.63) is 94.0 Å². The lowest BCUT2D eigenvalue weighted by atomic mass is 9.86.